The number of rotatable bonds is 4. The van der Waals surface area contributed by atoms with Gasteiger partial charge in [0.2, 0.25) is 0 Å². The van der Waals surface area contributed by atoms with Gasteiger partial charge in [0, 0.05) is 39.2 Å². The van der Waals surface area contributed by atoms with E-state index in [0.29, 0.717) is 0 Å². The van der Waals surface area contributed by atoms with Gasteiger partial charge in [0.1, 0.15) is 11.5 Å². The summed E-state index contributed by atoms with van der Waals surface area (Å²) in [5, 5.41) is 7.27. The second-order valence-electron chi connectivity index (χ2n) is 15.2. The van der Waals surface area contributed by atoms with Crippen LogP contribution in [0.25, 0.3) is 54.6 Å². The molecular formula is C55H35NO. The summed E-state index contributed by atoms with van der Waals surface area (Å²) < 4.78 is 7.13. The molecule has 1 aliphatic heterocycles. The van der Waals surface area contributed by atoms with Gasteiger partial charge < -0.3 is 9.64 Å². The highest BCUT2D eigenvalue weighted by Crippen LogP contribution is 2.62. The summed E-state index contributed by atoms with van der Waals surface area (Å²) in [5.41, 5.74) is 12.4. The smallest absolute Gasteiger partial charge is 0.134 e. The average molecular weight is 726 g/mol. The molecule has 0 saturated carbocycles. The molecule has 12 rings (SSSR count). The van der Waals surface area contributed by atoms with E-state index in [0.717, 1.165) is 50.8 Å². The van der Waals surface area contributed by atoms with E-state index < -0.39 is 5.41 Å². The van der Waals surface area contributed by atoms with Crippen molar-refractivity contribution in [2.45, 2.75) is 5.41 Å². The predicted octanol–water partition coefficient (Wildman–Crippen LogP) is 14.8. The van der Waals surface area contributed by atoms with E-state index in [1.165, 1.54) is 54.6 Å². The van der Waals surface area contributed by atoms with Crippen LogP contribution in [-0.4, -0.2) is 0 Å². The van der Waals surface area contributed by atoms with Crippen LogP contribution >= 0.6 is 0 Å². The lowest BCUT2D eigenvalue weighted by Crippen LogP contribution is -2.36. The molecule has 266 valence electrons. The summed E-state index contributed by atoms with van der Waals surface area (Å²) in [6, 6.07) is 77.5. The third-order valence-corrected chi connectivity index (χ3v) is 12.3. The maximum Gasteiger partial charge on any atom is 0.134 e. The first-order valence-corrected chi connectivity index (χ1v) is 19.7. The van der Waals surface area contributed by atoms with Gasteiger partial charge in [-0.05, 0) is 67.6 Å². The van der Waals surface area contributed by atoms with Crippen LogP contribution < -0.4 is 9.64 Å². The number of hydrogen-bond acceptors (Lipinski definition) is 2. The van der Waals surface area contributed by atoms with Gasteiger partial charge in [0.15, 0.2) is 0 Å². The summed E-state index contributed by atoms with van der Waals surface area (Å²) in [7, 11) is 0. The van der Waals surface area contributed by atoms with Gasteiger partial charge in [-0.25, -0.2) is 0 Å². The fourth-order valence-electron chi connectivity index (χ4n) is 9.96. The number of benzene rings is 10. The largest absolute Gasteiger partial charge is 0.457 e. The minimum Gasteiger partial charge on any atom is -0.457 e. The molecule has 0 bridgehead atoms. The van der Waals surface area contributed by atoms with Crippen molar-refractivity contribution in [3.05, 3.63) is 235 Å². The SMILES string of the molecule is c1ccc(-c2ccc3ccccc3c2N(c2ccc3c(c2)Oc2ccccc2C32c3ccccc3-c3cccc4cccc2c34)c2cccc3ccccc23)cc1. The Labute approximate surface area is 331 Å². The molecule has 0 saturated heterocycles. The van der Waals surface area contributed by atoms with Crippen LogP contribution in [0.2, 0.25) is 0 Å². The van der Waals surface area contributed by atoms with Crippen molar-refractivity contribution in [1.82, 2.24) is 0 Å². The summed E-state index contributed by atoms with van der Waals surface area (Å²) in [5.74, 6) is 1.73. The van der Waals surface area contributed by atoms with E-state index >= 15 is 0 Å². The first-order chi connectivity index (χ1) is 28.3. The summed E-state index contributed by atoms with van der Waals surface area (Å²) >= 11 is 0. The molecule has 1 atom stereocenters. The van der Waals surface area contributed by atoms with Crippen molar-refractivity contribution in [3.8, 4) is 33.8 Å². The number of hydrogen-bond donors (Lipinski definition) is 0. The van der Waals surface area contributed by atoms with E-state index in [1.54, 1.807) is 0 Å². The Morgan fingerprint density at radius 3 is 1.86 bits per heavy atom. The van der Waals surface area contributed by atoms with Crippen LogP contribution in [0.3, 0.4) is 0 Å². The lowest BCUT2D eigenvalue weighted by atomic mass is 9.58. The second kappa shape index (κ2) is 12.3. The molecule has 2 aliphatic rings. The summed E-state index contributed by atoms with van der Waals surface area (Å²) in [4.78, 5) is 2.47. The molecule has 0 amide bonds. The van der Waals surface area contributed by atoms with Crippen LogP contribution in [0.4, 0.5) is 17.1 Å². The molecule has 0 radical (unpaired) electrons. The van der Waals surface area contributed by atoms with E-state index in [2.05, 4.69) is 217 Å². The number of ether oxygens (including phenoxy) is 1. The molecule has 10 aromatic carbocycles. The van der Waals surface area contributed by atoms with E-state index in [4.69, 9.17) is 4.74 Å². The van der Waals surface area contributed by atoms with Crippen molar-refractivity contribution >= 4 is 49.4 Å². The predicted molar refractivity (Wildman–Crippen MR) is 236 cm³/mol. The van der Waals surface area contributed by atoms with Crippen molar-refractivity contribution in [2.75, 3.05) is 4.90 Å². The van der Waals surface area contributed by atoms with Gasteiger partial charge in [-0.3, -0.25) is 0 Å². The van der Waals surface area contributed by atoms with Crippen LogP contribution in [0.5, 0.6) is 11.5 Å². The Balaban J connectivity index is 1.19. The molecule has 0 fully saturated rings. The molecule has 1 aliphatic carbocycles. The summed E-state index contributed by atoms with van der Waals surface area (Å²) in [6.45, 7) is 0. The van der Waals surface area contributed by atoms with Crippen molar-refractivity contribution in [1.29, 1.82) is 0 Å². The first-order valence-electron chi connectivity index (χ1n) is 19.7. The third-order valence-electron chi connectivity index (χ3n) is 12.3. The van der Waals surface area contributed by atoms with Gasteiger partial charge >= 0.3 is 0 Å². The van der Waals surface area contributed by atoms with Gasteiger partial charge in [-0.2, -0.15) is 0 Å². The Bertz CT molecular complexity index is 3230. The average Bonchev–Trinajstić information content (AvgIpc) is 3.28. The highest BCUT2D eigenvalue weighted by molar-refractivity contribution is 6.10. The van der Waals surface area contributed by atoms with E-state index in [1.807, 2.05) is 0 Å². The molecule has 1 heterocycles. The molecule has 1 spiro atoms. The van der Waals surface area contributed by atoms with Crippen molar-refractivity contribution in [3.63, 3.8) is 0 Å². The highest BCUT2D eigenvalue weighted by Gasteiger charge is 2.49. The Kier molecular flexibility index (Phi) is 6.88. The van der Waals surface area contributed by atoms with Crippen LogP contribution in [0.1, 0.15) is 22.3 Å². The molecule has 57 heavy (non-hydrogen) atoms. The van der Waals surface area contributed by atoms with E-state index in [-0.39, 0.29) is 0 Å². The number of fused-ring (bicyclic) bond motifs is 10. The summed E-state index contributed by atoms with van der Waals surface area (Å²) in [6.07, 6.45) is 0. The number of para-hydroxylation sites is 1. The Morgan fingerprint density at radius 2 is 0.982 bits per heavy atom. The van der Waals surface area contributed by atoms with Crippen LogP contribution in [-0.2, 0) is 5.41 Å². The molecular weight excluding hydrogens is 691 g/mol. The fraction of sp³-hybridized carbons (Fsp3) is 0.0182. The lowest BCUT2D eigenvalue weighted by Gasteiger charge is -2.45. The van der Waals surface area contributed by atoms with Gasteiger partial charge in [-0.1, -0.05) is 188 Å². The maximum atomic E-state index is 7.13. The Morgan fingerprint density at radius 1 is 0.368 bits per heavy atom. The van der Waals surface area contributed by atoms with Gasteiger partial charge in [0.25, 0.3) is 0 Å². The van der Waals surface area contributed by atoms with Crippen molar-refractivity contribution in [2.24, 2.45) is 0 Å². The molecule has 2 nitrogen and oxygen atoms in total. The van der Waals surface area contributed by atoms with Crippen LogP contribution in [0, 0.1) is 0 Å². The van der Waals surface area contributed by atoms with Crippen LogP contribution in [0.15, 0.2) is 212 Å². The van der Waals surface area contributed by atoms with E-state index in [9.17, 15) is 0 Å². The minimum atomic E-state index is -0.605. The quantitative estimate of drug-likeness (QED) is 0.179. The second-order valence-corrected chi connectivity index (χ2v) is 15.2. The molecule has 0 aromatic heterocycles. The normalized spacial score (nSPS) is 14.9. The Hall–Kier alpha value is -7.42. The topological polar surface area (TPSA) is 12.5 Å². The van der Waals surface area contributed by atoms with Gasteiger partial charge in [0.05, 0.1) is 16.8 Å². The fourth-order valence-corrected chi connectivity index (χ4v) is 9.96. The lowest BCUT2D eigenvalue weighted by molar-refractivity contribution is 0.435. The molecule has 2 heteroatoms. The molecule has 10 aromatic rings. The minimum absolute atomic E-state index is 0.605. The monoisotopic (exact) mass is 725 g/mol. The standard InChI is InChI=1S/C55H35NO/c1-2-15-37(16-3-1)43-33-31-38-18-5-7-23-42(38)54(43)56(50-29-14-19-36-17-4-6-22-41(36)50)40-32-34-48-52(35-40)57-51-30-11-10-27-47(51)55(48)46-26-9-8-24-44(46)45-25-12-20-39-21-13-28-49(55)53(39)45/h1-35H. The highest BCUT2D eigenvalue weighted by atomic mass is 16.5. The maximum absolute atomic E-state index is 7.13. The van der Waals surface area contributed by atoms with Gasteiger partial charge in [-0.15, -0.1) is 0 Å². The first kappa shape index (κ1) is 31.9. The number of nitrogens with zero attached hydrogens (tertiary/aromatic N) is 1. The third kappa shape index (κ3) is 4.53. The zero-order valence-electron chi connectivity index (χ0n) is 31.1. The molecule has 1 unspecified atom stereocenters. The number of anilines is 3. The molecule has 0 N–H and O–H groups in total. The zero-order valence-corrected chi connectivity index (χ0v) is 31.1. The zero-order chi connectivity index (χ0) is 37.5. The van der Waals surface area contributed by atoms with Crippen molar-refractivity contribution < 1.29 is 4.74 Å².